The van der Waals surface area contributed by atoms with E-state index in [1.165, 1.54) is 12.8 Å². The van der Waals surface area contributed by atoms with E-state index in [1.54, 1.807) is 14.2 Å². The van der Waals surface area contributed by atoms with Gasteiger partial charge in [0, 0.05) is 18.7 Å². The summed E-state index contributed by atoms with van der Waals surface area (Å²) in [6.45, 7) is 4.06. The molecule has 2 N–H and O–H groups in total. The van der Waals surface area contributed by atoms with E-state index in [9.17, 15) is 0 Å². The number of methoxy groups -OCH3 is 2. The lowest BCUT2D eigenvalue weighted by Gasteiger charge is -2.17. The minimum Gasteiger partial charge on any atom is -0.496 e. The molecule has 0 aromatic heterocycles. The van der Waals surface area contributed by atoms with Crippen molar-refractivity contribution in [2.75, 3.05) is 32.6 Å². The molecular weight excluding hydrogens is 228 g/mol. The highest BCUT2D eigenvalue weighted by Gasteiger charge is 2.15. The predicted octanol–water partition coefficient (Wildman–Crippen LogP) is 2.18. The normalized spacial score (nSPS) is 18.7. The molecule has 1 saturated heterocycles. The summed E-state index contributed by atoms with van der Waals surface area (Å²) in [6, 6.07) is 4.56. The second-order valence-corrected chi connectivity index (χ2v) is 4.70. The Hall–Kier alpha value is -1.42. The number of nitrogens with one attached hydrogen (secondary N) is 2. The molecule has 0 bridgehead atoms. The van der Waals surface area contributed by atoms with Crippen molar-refractivity contribution >= 4 is 5.69 Å². The fourth-order valence-electron chi connectivity index (χ4n) is 2.35. The van der Waals surface area contributed by atoms with Crippen LogP contribution < -0.4 is 20.1 Å². The molecule has 1 fully saturated rings. The minimum atomic E-state index is 0.557. The average Bonchev–Trinajstić information content (AvgIpc) is 2.90. The summed E-state index contributed by atoms with van der Waals surface area (Å²) in [6.07, 6.45) is 2.50. The Balaban J connectivity index is 2.09. The molecule has 0 radical (unpaired) electrons. The van der Waals surface area contributed by atoms with Gasteiger partial charge in [-0.25, -0.2) is 0 Å². The molecule has 1 aromatic carbocycles. The number of benzene rings is 1. The first kappa shape index (κ1) is 13.0. The van der Waals surface area contributed by atoms with Crippen molar-refractivity contribution in [3.05, 3.63) is 17.7 Å². The third kappa shape index (κ3) is 2.88. The molecule has 4 nitrogen and oxygen atoms in total. The number of ether oxygens (including phenoxy) is 2. The lowest BCUT2D eigenvalue weighted by molar-refractivity contribution is 0.401. The number of hydrogen-bond acceptors (Lipinski definition) is 4. The summed E-state index contributed by atoms with van der Waals surface area (Å²) in [7, 11) is 3.39. The lowest BCUT2D eigenvalue weighted by atomic mass is 10.1. The highest BCUT2D eigenvalue weighted by molar-refractivity contribution is 5.62. The Bertz CT molecular complexity index is 401. The first-order chi connectivity index (χ1) is 8.74. The molecule has 0 amide bonds. The van der Waals surface area contributed by atoms with Crippen LogP contribution in [0, 0.1) is 6.92 Å². The second-order valence-electron chi connectivity index (χ2n) is 4.70. The Labute approximate surface area is 109 Å². The fourth-order valence-corrected chi connectivity index (χ4v) is 2.35. The van der Waals surface area contributed by atoms with E-state index in [1.807, 2.05) is 19.1 Å². The molecule has 1 unspecified atom stereocenters. The molecule has 0 saturated carbocycles. The molecule has 1 heterocycles. The van der Waals surface area contributed by atoms with Crippen molar-refractivity contribution in [1.29, 1.82) is 0 Å². The SMILES string of the molecule is COc1cc(NCC2CCCN2)c(OC)cc1C. The summed E-state index contributed by atoms with van der Waals surface area (Å²) in [5.41, 5.74) is 2.08. The maximum atomic E-state index is 5.40. The second kappa shape index (κ2) is 5.96. The number of hydrogen-bond donors (Lipinski definition) is 2. The Kier molecular flexibility index (Phi) is 4.31. The first-order valence-corrected chi connectivity index (χ1v) is 6.44. The van der Waals surface area contributed by atoms with Gasteiger partial charge < -0.3 is 20.1 Å². The molecular formula is C14H22N2O2. The molecule has 4 heteroatoms. The first-order valence-electron chi connectivity index (χ1n) is 6.44. The van der Waals surface area contributed by atoms with E-state index in [0.29, 0.717) is 6.04 Å². The van der Waals surface area contributed by atoms with Gasteiger partial charge in [0.05, 0.1) is 19.9 Å². The summed E-state index contributed by atoms with van der Waals surface area (Å²) in [5, 5.41) is 6.91. The van der Waals surface area contributed by atoms with Gasteiger partial charge in [-0.3, -0.25) is 0 Å². The van der Waals surface area contributed by atoms with E-state index in [4.69, 9.17) is 9.47 Å². The summed E-state index contributed by atoms with van der Waals surface area (Å²) in [4.78, 5) is 0. The molecule has 100 valence electrons. The van der Waals surface area contributed by atoms with Crippen LogP contribution in [0.25, 0.3) is 0 Å². The van der Waals surface area contributed by atoms with Crippen molar-refractivity contribution in [1.82, 2.24) is 5.32 Å². The zero-order chi connectivity index (χ0) is 13.0. The van der Waals surface area contributed by atoms with Crippen LogP contribution >= 0.6 is 0 Å². The van der Waals surface area contributed by atoms with Gasteiger partial charge in [0.1, 0.15) is 11.5 Å². The van der Waals surface area contributed by atoms with Crippen molar-refractivity contribution in [2.45, 2.75) is 25.8 Å². The Morgan fingerprint density at radius 1 is 1.28 bits per heavy atom. The van der Waals surface area contributed by atoms with E-state index < -0.39 is 0 Å². The molecule has 0 aliphatic carbocycles. The van der Waals surface area contributed by atoms with Crippen molar-refractivity contribution in [2.24, 2.45) is 0 Å². The Morgan fingerprint density at radius 2 is 2.06 bits per heavy atom. The van der Waals surface area contributed by atoms with Crippen molar-refractivity contribution in [3.8, 4) is 11.5 Å². The zero-order valence-corrected chi connectivity index (χ0v) is 11.4. The molecule has 18 heavy (non-hydrogen) atoms. The monoisotopic (exact) mass is 250 g/mol. The van der Waals surface area contributed by atoms with Gasteiger partial charge in [0.2, 0.25) is 0 Å². The maximum absolute atomic E-state index is 5.40. The van der Waals surface area contributed by atoms with Crippen LogP contribution in [0.2, 0.25) is 0 Å². The van der Waals surface area contributed by atoms with Gasteiger partial charge >= 0.3 is 0 Å². The third-order valence-corrected chi connectivity index (χ3v) is 3.42. The quantitative estimate of drug-likeness (QED) is 0.840. The van der Waals surface area contributed by atoms with E-state index >= 15 is 0 Å². The highest BCUT2D eigenvalue weighted by atomic mass is 16.5. The van der Waals surface area contributed by atoms with Crippen LogP contribution in [0.15, 0.2) is 12.1 Å². The smallest absolute Gasteiger partial charge is 0.142 e. The molecule has 2 rings (SSSR count). The van der Waals surface area contributed by atoms with Crippen molar-refractivity contribution < 1.29 is 9.47 Å². The van der Waals surface area contributed by atoms with Gasteiger partial charge in [-0.1, -0.05) is 0 Å². The highest BCUT2D eigenvalue weighted by Crippen LogP contribution is 2.32. The molecule has 1 aliphatic heterocycles. The molecule has 1 aromatic rings. The van der Waals surface area contributed by atoms with Crippen LogP contribution in [0.1, 0.15) is 18.4 Å². The van der Waals surface area contributed by atoms with Crippen LogP contribution in [0.4, 0.5) is 5.69 Å². The number of aryl methyl sites for hydroxylation is 1. The minimum absolute atomic E-state index is 0.557. The van der Waals surface area contributed by atoms with Crippen LogP contribution in [0.5, 0.6) is 11.5 Å². The summed E-state index contributed by atoms with van der Waals surface area (Å²) >= 11 is 0. The van der Waals surface area contributed by atoms with Gasteiger partial charge in [-0.05, 0) is 37.9 Å². The maximum Gasteiger partial charge on any atom is 0.142 e. The summed E-state index contributed by atoms with van der Waals surface area (Å²) < 4.78 is 10.7. The van der Waals surface area contributed by atoms with Gasteiger partial charge in [-0.2, -0.15) is 0 Å². The van der Waals surface area contributed by atoms with Gasteiger partial charge in [0.25, 0.3) is 0 Å². The average molecular weight is 250 g/mol. The number of rotatable bonds is 5. The van der Waals surface area contributed by atoms with E-state index in [2.05, 4.69) is 10.6 Å². The largest absolute Gasteiger partial charge is 0.496 e. The van der Waals surface area contributed by atoms with Gasteiger partial charge in [-0.15, -0.1) is 0 Å². The van der Waals surface area contributed by atoms with Crippen LogP contribution in [-0.4, -0.2) is 33.4 Å². The van der Waals surface area contributed by atoms with Crippen molar-refractivity contribution in [3.63, 3.8) is 0 Å². The van der Waals surface area contributed by atoms with E-state index in [0.717, 1.165) is 35.8 Å². The standard InChI is InChI=1S/C14H22N2O2/c1-10-7-14(18-3)12(8-13(10)17-2)16-9-11-5-4-6-15-11/h7-8,11,15-16H,4-6,9H2,1-3H3. The Morgan fingerprint density at radius 3 is 2.67 bits per heavy atom. The molecule has 1 atom stereocenters. The lowest BCUT2D eigenvalue weighted by Crippen LogP contribution is -2.29. The summed E-state index contributed by atoms with van der Waals surface area (Å²) in [5.74, 6) is 1.75. The van der Waals surface area contributed by atoms with E-state index in [-0.39, 0.29) is 0 Å². The fraction of sp³-hybridized carbons (Fsp3) is 0.571. The number of anilines is 1. The zero-order valence-electron chi connectivity index (χ0n) is 11.4. The molecule has 1 aliphatic rings. The predicted molar refractivity (Wildman–Crippen MR) is 73.8 cm³/mol. The van der Waals surface area contributed by atoms with Crippen LogP contribution in [0.3, 0.4) is 0 Å². The molecule has 0 spiro atoms. The van der Waals surface area contributed by atoms with Crippen LogP contribution in [-0.2, 0) is 0 Å². The van der Waals surface area contributed by atoms with Gasteiger partial charge in [0.15, 0.2) is 0 Å². The third-order valence-electron chi connectivity index (χ3n) is 3.42. The topological polar surface area (TPSA) is 42.5 Å².